The molecule has 0 spiro atoms. The molecular formula is C16H21NO. The number of hydrogen-bond donors (Lipinski definition) is 1. The average Bonchev–Trinajstić information content (AvgIpc) is 3.14. The van der Waals surface area contributed by atoms with Crippen molar-refractivity contribution in [1.82, 2.24) is 5.32 Å². The lowest BCUT2D eigenvalue weighted by Gasteiger charge is -2.15. The molecule has 1 aliphatic rings. The fourth-order valence-electron chi connectivity index (χ4n) is 2.51. The highest BCUT2D eigenvalue weighted by atomic mass is 16.3. The summed E-state index contributed by atoms with van der Waals surface area (Å²) >= 11 is 0. The third kappa shape index (κ3) is 2.44. The van der Waals surface area contributed by atoms with Gasteiger partial charge >= 0.3 is 0 Å². The summed E-state index contributed by atoms with van der Waals surface area (Å²) in [6, 6.07) is 10.6. The van der Waals surface area contributed by atoms with Crippen LogP contribution in [-0.2, 0) is 0 Å². The van der Waals surface area contributed by atoms with Crippen LogP contribution in [0.1, 0.15) is 38.5 Å². The Morgan fingerprint density at radius 3 is 2.78 bits per heavy atom. The Balaban J connectivity index is 1.65. The Kier molecular flexibility index (Phi) is 3.13. The van der Waals surface area contributed by atoms with Crippen LogP contribution >= 0.6 is 0 Å². The minimum absolute atomic E-state index is 0.290. The van der Waals surface area contributed by atoms with Gasteiger partial charge < -0.3 is 9.73 Å². The van der Waals surface area contributed by atoms with Gasteiger partial charge in [-0.2, -0.15) is 0 Å². The first kappa shape index (κ1) is 11.8. The first-order valence-electron chi connectivity index (χ1n) is 6.96. The summed E-state index contributed by atoms with van der Waals surface area (Å²) in [6.07, 6.45) is 2.84. The average molecular weight is 243 g/mol. The second kappa shape index (κ2) is 4.77. The van der Waals surface area contributed by atoms with Gasteiger partial charge in [-0.15, -0.1) is 0 Å². The minimum Gasteiger partial charge on any atom is -0.459 e. The first-order valence-corrected chi connectivity index (χ1v) is 6.96. The number of rotatable bonds is 5. The molecule has 2 atom stereocenters. The Morgan fingerprint density at radius 1 is 1.28 bits per heavy atom. The molecule has 1 aromatic carbocycles. The van der Waals surface area contributed by atoms with Crippen LogP contribution in [0.25, 0.3) is 11.0 Å². The van der Waals surface area contributed by atoms with Crippen molar-refractivity contribution in [2.75, 3.05) is 6.54 Å². The van der Waals surface area contributed by atoms with Gasteiger partial charge in [-0.05, 0) is 50.3 Å². The molecule has 2 nitrogen and oxygen atoms in total. The molecule has 1 saturated carbocycles. The van der Waals surface area contributed by atoms with Gasteiger partial charge in [-0.3, -0.25) is 0 Å². The maximum absolute atomic E-state index is 5.88. The molecule has 1 heterocycles. The summed E-state index contributed by atoms with van der Waals surface area (Å²) in [5.74, 6) is 2.79. The lowest BCUT2D eigenvalue weighted by atomic mass is 10.1. The van der Waals surface area contributed by atoms with E-state index in [1.807, 2.05) is 12.1 Å². The van der Waals surface area contributed by atoms with Gasteiger partial charge in [0.1, 0.15) is 11.3 Å². The van der Waals surface area contributed by atoms with Gasteiger partial charge in [0.25, 0.3) is 0 Å². The zero-order chi connectivity index (χ0) is 12.5. The fraction of sp³-hybridized carbons (Fsp3) is 0.500. The smallest absolute Gasteiger partial charge is 0.134 e. The van der Waals surface area contributed by atoms with E-state index in [-0.39, 0.29) is 0 Å². The number of fused-ring (bicyclic) bond motifs is 1. The predicted octanol–water partition coefficient (Wildman–Crippen LogP) is 4.13. The van der Waals surface area contributed by atoms with E-state index in [2.05, 4.69) is 37.4 Å². The molecule has 0 radical (unpaired) electrons. The molecule has 0 aliphatic heterocycles. The molecule has 2 aromatic rings. The van der Waals surface area contributed by atoms with Crippen molar-refractivity contribution < 1.29 is 4.42 Å². The highest BCUT2D eigenvalue weighted by molar-refractivity contribution is 5.77. The second-order valence-corrected chi connectivity index (χ2v) is 5.63. The molecule has 96 valence electrons. The molecule has 3 rings (SSSR count). The van der Waals surface area contributed by atoms with E-state index in [9.17, 15) is 0 Å². The SMILES string of the molecule is CC(NCC(C)C1CC1)c1cc2ccccc2o1. The second-order valence-electron chi connectivity index (χ2n) is 5.63. The fourth-order valence-corrected chi connectivity index (χ4v) is 2.51. The van der Waals surface area contributed by atoms with Gasteiger partial charge in [-0.25, -0.2) is 0 Å². The van der Waals surface area contributed by atoms with Crippen molar-refractivity contribution in [2.45, 2.75) is 32.7 Å². The Bertz CT molecular complexity index is 494. The third-order valence-electron chi connectivity index (χ3n) is 4.04. The maximum Gasteiger partial charge on any atom is 0.134 e. The first-order chi connectivity index (χ1) is 8.74. The predicted molar refractivity (Wildman–Crippen MR) is 74.5 cm³/mol. The molecule has 18 heavy (non-hydrogen) atoms. The van der Waals surface area contributed by atoms with E-state index >= 15 is 0 Å². The normalized spacial score (nSPS) is 19.0. The van der Waals surface area contributed by atoms with Crippen molar-refractivity contribution in [3.8, 4) is 0 Å². The lowest BCUT2D eigenvalue weighted by Crippen LogP contribution is -2.25. The highest BCUT2D eigenvalue weighted by Gasteiger charge is 2.27. The standard InChI is InChI=1S/C16H21NO/c1-11(13-7-8-13)10-17-12(2)16-9-14-5-3-4-6-15(14)18-16/h3-6,9,11-13,17H,7-8,10H2,1-2H3. The van der Waals surface area contributed by atoms with E-state index in [1.165, 1.54) is 18.2 Å². The molecule has 1 aromatic heterocycles. The van der Waals surface area contributed by atoms with Crippen molar-refractivity contribution in [3.05, 3.63) is 36.1 Å². The van der Waals surface area contributed by atoms with E-state index in [1.54, 1.807) is 0 Å². The molecule has 0 bridgehead atoms. The van der Waals surface area contributed by atoms with Gasteiger partial charge in [-0.1, -0.05) is 25.1 Å². The monoisotopic (exact) mass is 243 g/mol. The molecule has 0 amide bonds. The Labute approximate surface area is 108 Å². The molecule has 1 aliphatic carbocycles. The number of para-hydroxylation sites is 1. The summed E-state index contributed by atoms with van der Waals surface area (Å²) < 4.78 is 5.88. The molecule has 1 N–H and O–H groups in total. The summed E-state index contributed by atoms with van der Waals surface area (Å²) in [5.41, 5.74) is 0.983. The van der Waals surface area contributed by atoms with E-state index < -0.39 is 0 Å². The Hall–Kier alpha value is -1.28. The largest absolute Gasteiger partial charge is 0.459 e. The molecule has 2 unspecified atom stereocenters. The van der Waals surface area contributed by atoms with Crippen molar-refractivity contribution in [3.63, 3.8) is 0 Å². The van der Waals surface area contributed by atoms with E-state index in [4.69, 9.17) is 4.42 Å². The lowest BCUT2D eigenvalue weighted by molar-refractivity contribution is 0.396. The number of benzene rings is 1. The summed E-state index contributed by atoms with van der Waals surface area (Å²) in [4.78, 5) is 0. The Morgan fingerprint density at radius 2 is 2.06 bits per heavy atom. The zero-order valence-corrected chi connectivity index (χ0v) is 11.1. The van der Waals surface area contributed by atoms with Gasteiger partial charge in [0.15, 0.2) is 0 Å². The van der Waals surface area contributed by atoms with Crippen LogP contribution in [0.2, 0.25) is 0 Å². The topological polar surface area (TPSA) is 25.2 Å². The van der Waals surface area contributed by atoms with E-state index in [0.29, 0.717) is 6.04 Å². The van der Waals surface area contributed by atoms with Crippen molar-refractivity contribution in [1.29, 1.82) is 0 Å². The van der Waals surface area contributed by atoms with Gasteiger partial charge in [0.2, 0.25) is 0 Å². The highest BCUT2D eigenvalue weighted by Crippen LogP contribution is 2.36. The van der Waals surface area contributed by atoms with Crippen LogP contribution in [0.5, 0.6) is 0 Å². The molecule has 0 saturated heterocycles. The minimum atomic E-state index is 0.290. The third-order valence-corrected chi connectivity index (χ3v) is 4.04. The van der Waals surface area contributed by atoms with Crippen LogP contribution in [-0.4, -0.2) is 6.54 Å². The van der Waals surface area contributed by atoms with Crippen LogP contribution in [0.4, 0.5) is 0 Å². The maximum atomic E-state index is 5.88. The van der Waals surface area contributed by atoms with Gasteiger partial charge in [0, 0.05) is 5.39 Å². The van der Waals surface area contributed by atoms with Gasteiger partial charge in [0.05, 0.1) is 6.04 Å². The number of nitrogens with one attached hydrogen (secondary N) is 1. The van der Waals surface area contributed by atoms with Crippen LogP contribution in [0.15, 0.2) is 34.7 Å². The number of hydrogen-bond acceptors (Lipinski definition) is 2. The van der Waals surface area contributed by atoms with E-state index in [0.717, 1.165) is 29.7 Å². The molecular weight excluding hydrogens is 222 g/mol. The quantitative estimate of drug-likeness (QED) is 0.854. The van der Waals surface area contributed by atoms with Crippen molar-refractivity contribution in [2.24, 2.45) is 11.8 Å². The number of furan rings is 1. The summed E-state index contributed by atoms with van der Waals surface area (Å²) in [5, 5.41) is 4.78. The molecule has 1 fully saturated rings. The summed E-state index contributed by atoms with van der Waals surface area (Å²) in [6.45, 7) is 5.61. The van der Waals surface area contributed by atoms with Crippen LogP contribution in [0.3, 0.4) is 0 Å². The molecule has 2 heteroatoms. The van der Waals surface area contributed by atoms with Crippen LogP contribution in [0, 0.1) is 11.8 Å². The summed E-state index contributed by atoms with van der Waals surface area (Å²) in [7, 11) is 0. The van der Waals surface area contributed by atoms with Crippen LogP contribution < -0.4 is 5.32 Å². The van der Waals surface area contributed by atoms with Crippen molar-refractivity contribution >= 4 is 11.0 Å². The zero-order valence-electron chi connectivity index (χ0n) is 11.1.